The third kappa shape index (κ3) is 3.91. The second-order valence-corrected chi connectivity index (χ2v) is 9.26. The highest BCUT2D eigenvalue weighted by atomic mass is 16.5. The molecule has 6 heteroatoms. The van der Waals surface area contributed by atoms with Crippen molar-refractivity contribution in [3.63, 3.8) is 0 Å². The molecule has 1 aliphatic carbocycles. The summed E-state index contributed by atoms with van der Waals surface area (Å²) in [4.78, 5) is 14.9. The second kappa shape index (κ2) is 7.82. The van der Waals surface area contributed by atoms with Crippen LogP contribution in [0.25, 0.3) is 0 Å². The van der Waals surface area contributed by atoms with Crippen LogP contribution in [0.1, 0.15) is 62.6 Å². The Kier molecular flexibility index (Phi) is 5.15. The first-order valence-corrected chi connectivity index (χ1v) is 11.3. The maximum absolute atomic E-state index is 12.4. The zero-order chi connectivity index (χ0) is 20.7. The highest BCUT2D eigenvalue weighted by Gasteiger charge is 2.48. The van der Waals surface area contributed by atoms with Gasteiger partial charge in [-0.2, -0.15) is 5.10 Å². The van der Waals surface area contributed by atoms with Crippen LogP contribution < -0.4 is 10.3 Å². The van der Waals surface area contributed by atoms with Gasteiger partial charge in [0.15, 0.2) is 0 Å². The summed E-state index contributed by atoms with van der Waals surface area (Å²) in [6.45, 7) is 3.81. The van der Waals surface area contributed by atoms with Crippen molar-refractivity contribution in [3.05, 3.63) is 58.0 Å². The predicted octanol–water partition coefficient (Wildman–Crippen LogP) is 3.08. The van der Waals surface area contributed by atoms with E-state index in [1.165, 1.54) is 10.2 Å². The van der Waals surface area contributed by atoms with Crippen LogP contribution in [0.3, 0.4) is 0 Å². The minimum atomic E-state index is -0.874. The molecule has 3 fully saturated rings. The summed E-state index contributed by atoms with van der Waals surface area (Å²) in [7, 11) is 0. The van der Waals surface area contributed by atoms with Crippen molar-refractivity contribution in [2.75, 3.05) is 6.61 Å². The largest absolute Gasteiger partial charge is 0.494 e. The van der Waals surface area contributed by atoms with Crippen LogP contribution in [-0.4, -0.2) is 44.1 Å². The third-order valence-electron chi connectivity index (χ3n) is 6.95. The van der Waals surface area contributed by atoms with Gasteiger partial charge in [0, 0.05) is 36.2 Å². The fraction of sp³-hybridized carbons (Fsp3) is 0.583. The van der Waals surface area contributed by atoms with Gasteiger partial charge in [-0.1, -0.05) is 18.2 Å². The summed E-state index contributed by atoms with van der Waals surface area (Å²) in [5.41, 5.74) is 1.21. The third-order valence-corrected chi connectivity index (χ3v) is 6.95. The molecule has 0 radical (unpaired) electrons. The Bertz CT molecular complexity index is 954. The normalized spacial score (nSPS) is 28.6. The molecule has 0 unspecified atom stereocenters. The zero-order valence-electron chi connectivity index (χ0n) is 17.7. The molecule has 1 N–H and O–H groups in total. The molecule has 30 heavy (non-hydrogen) atoms. The van der Waals surface area contributed by atoms with Crippen LogP contribution in [0, 0.1) is 0 Å². The van der Waals surface area contributed by atoms with E-state index in [1.54, 1.807) is 6.07 Å². The number of ether oxygens (including phenoxy) is 1. The number of hydrogen-bond acceptors (Lipinski definition) is 5. The zero-order valence-corrected chi connectivity index (χ0v) is 17.7. The number of aromatic nitrogens is 2. The Hall–Kier alpha value is -2.18. The molecule has 1 saturated carbocycles. The highest BCUT2D eigenvalue weighted by molar-refractivity contribution is 5.33. The quantitative estimate of drug-likeness (QED) is 0.761. The van der Waals surface area contributed by atoms with Gasteiger partial charge >= 0.3 is 0 Å². The van der Waals surface area contributed by atoms with E-state index < -0.39 is 5.60 Å². The van der Waals surface area contributed by atoms with E-state index in [0.717, 1.165) is 43.7 Å². The summed E-state index contributed by atoms with van der Waals surface area (Å²) in [6, 6.07) is 12.4. The van der Waals surface area contributed by atoms with Crippen molar-refractivity contribution >= 4 is 0 Å². The van der Waals surface area contributed by atoms with Gasteiger partial charge in [-0.05, 0) is 57.6 Å². The lowest BCUT2D eigenvalue weighted by molar-refractivity contribution is -0.0679. The monoisotopic (exact) mass is 409 g/mol. The van der Waals surface area contributed by atoms with Gasteiger partial charge in [0.25, 0.3) is 5.56 Å². The van der Waals surface area contributed by atoms with Crippen molar-refractivity contribution < 1.29 is 9.84 Å². The fourth-order valence-electron chi connectivity index (χ4n) is 5.38. The van der Waals surface area contributed by atoms with Gasteiger partial charge < -0.3 is 9.84 Å². The standard InChI is InChI=1S/C24H31N3O3/c1-2-30-22-6-4-3-5-18(22)15-26-19-9-10-20(26)14-24(29,13-19)16-27-23(28)12-11-21(25-27)17-7-8-17/h3-6,11-12,17,19-20,29H,2,7-10,13-16H2,1H3/t19-,20-/m1/s1. The topological polar surface area (TPSA) is 67.6 Å². The van der Waals surface area contributed by atoms with Crippen molar-refractivity contribution in [1.82, 2.24) is 14.7 Å². The van der Waals surface area contributed by atoms with Crippen LogP contribution in [0.2, 0.25) is 0 Å². The number of hydrogen-bond donors (Lipinski definition) is 1. The summed E-state index contributed by atoms with van der Waals surface area (Å²) in [5, 5.41) is 16.0. The van der Waals surface area contributed by atoms with Crippen LogP contribution in [0.4, 0.5) is 0 Å². The minimum absolute atomic E-state index is 0.117. The average Bonchev–Trinajstić information content (AvgIpc) is 3.53. The Balaban J connectivity index is 1.32. The van der Waals surface area contributed by atoms with Crippen molar-refractivity contribution in [1.29, 1.82) is 0 Å². The Morgan fingerprint density at radius 2 is 1.83 bits per heavy atom. The lowest BCUT2D eigenvalue weighted by Gasteiger charge is -2.44. The lowest BCUT2D eigenvalue weighted by Crippen LogP contribution is -2.53. The average molecular weight is 410 g/mol. The summed E-state index contributed by atoms with van der Waals surface area (Å²) < 4.78 is 7.32. The number of benzene rings is 1. The first-order chi connectivity index (χ1) is 14.5. The maximum Gasteiger partial charge on any atom is 0.266 e. The van der Waals surface area contributed by atoms with Gasteiger partial charge in [-0.25, -0.2) is 4.68 Å². The molecule has 1 aromatic heterocycles. The minimum Gasteiger partial charge on any atom is -0.494 e. The van der Waals surface area contributed by atoms with E-state index in [9.17, 15) is 9.90 Å². The number of rotatable bonds is 7. The molecular formula is C24H31N3O3. The van der Waals surface area contributed by atoms with Crippen LogP contribution in [0.5, 0.6) is 5.75 Å². The maximum atomic E-state index is 12.4. The first-order valence-electron chi connectivity index (χ1n) is 11.3. The number of para-hydroxylation sites is 1. The smallest absolute Gasteiger partial charge is 0.266 e. The summed E-state index contributed by atoms with van der Waals surface area (Å²) in [5.74, 6) is 1.45. The Labute approximate surface area is 177 Å². The fourth-order valence-corrected chi connectivity index (χ4v) is 5.38. The molecule has 5 rings (SSSR count). The molecule has 0 amide bonds. The molecule has 2 aromatic rings. The van der Waals surface area contributed by atoms with Crippen LogP contribution >= 0.6 is 0 Å². The Morgan fingerprint density at radius 3 is 2.53 bits per heavy atom. The number of nitrogens with zero attached hydrogens (tertiary/aromatic N) is 3. The SMILES string of the molecule is CCOc1ccccc1CN1[C@@H]2CC[C@@H]1CC(O)(Cn1nc(C3CC3)ccc1=O)C2. The Morgan fingerprint density at radius 1 is 1.10 bits per heavy atom. The van der Waals surface area contributed by atoms with E-state index in [-0.39, 0.29) is 5.56 Å². The molecule has 160 valence electrons. The molecule has 2 bridgehead atoms. The van der Waals surface area contributed by atoms with Crippen LogP contribution in [0.15, 0.2) is 41.2 Å². The molecular weight excluding hydrogens is 378 g/mol. The van der Waals surface area contributed by atoms with Gasteiger partial charge in [0.05, 0.1) is 24.4 Å². The molecule has 3 aliphatic rings. The first kappa shape index (κ1) is 19.8. The number of piperidine rings is 1. The number of aliphatic hydroxyl groups is 1. The van der Waals surface area contributed by atoms with E-state index >= 15 is 0 Å². The highest BCUT2D eigenvalue weighted by Crippen LogP contribution is 2.43. The molecule has 6 nitrogen and oxygen atoms in total. The van der Waals surface area contributed by atoms with Crippen molar-refractivity contribution in [2.24, 2.45) is 0 Å². The van der Waals surface area contributed by atoms with Crippen molar-refractivity contribution in [2.45, 2.75) is 82.1 Å². The van der Waals surface area contributed by atoms with Gasteiger partial charge in [-0.15, -0.1) is 0 Å². The summed E-state index contributed by atoms with van der Waals surface area (Å²) >= 11 is 0. The van der Waals surface area contributed by atoms with Crippen LogP contribution in [-0.2, 0) is 13.1 Å². The van der Waals surface area contributed by atoms with Gasteiger partial charge in [0.1, 0.15) is 5.75 Å². The molecule has 0 spiro atoms. The van der Waals surface area contributed by atoms with E-state index in [1.807, 2.05) is 25.1 Å². The molecule has 3 heterocycles. The van der Waals surface area contributed by atoms with Gasteiger partial charge in [-0.3, -0.25) is 9.69 Å². The predicted molar refractivity (Wildman–Crippen MR) is 115 cm³/mol. The lowest BCUT2D eigenvalue weighted by atomic mass is 9.85. The van der Waals surface area contributed by atoms with E-state index in [4.69, 9.17) is 4.74 Å². The van der Waals surface area contributed by atoms with E-state index in [0.29, 0.717) is 44.0 Å². The summed E-state index contributed by atoms with van der Waals surface area (Å²) in [6.07, 6.45) is 5.85. The molecule has 2 aliphatic heterocycles. The molecule has 1 aromatic carbocycles. The molecule has 2 saturated heterocycles. The van der Waals surface area contributed by atoms with Gasteiger partial charge in [0.2, 0.25) is 0 Å². The number of fused-ring (bicyclic) bond motifs is 2. The molecule has 2 atom stereocenters. The second-order valence-electron chi connectivity index (χ2n) is 9.26. The van der Waals surface area contributed by atoms with E-state index in [2.05, 4.69) is 22.1 Å². The van der Waals surface area contributed by atoms with Crippen molar-refractivity contribution in [3.8, 4) is 5.75 Å².